The predicted octanol–water partition coefficient (Wildman–Crippen LogP) is 4.56. The molecule has 28 heavy (non-hydrogen) atoms. The van der Waals surface area contributed by atoms with Crippen LogP contribution in [0, 0.1) is 5.92 Å². The number of aromatic nitrogens is 2. The first-order chi connectivity index (χ1) is 13.7. The Morgan fingerprint density at radius 3 is 2.82 bits per heavy atom. The van der Waals surface area contributed by atoms with E-state index in [0.29, 0.717) is 6.61 Å². The molecule has 146 valence electrons. The van der Waals surface area contributed by atoms with Crippen LogP contribution in [0.3, 0.4) is 0 Å². The molecule has 0 radical (unpaired) electrons. The summed E-state index contributed by atoms with van der Waals surface area (Å²) in [6.07, 6.45) is 8.27. The first-order valence-electron chi connectivity index (χ1n) is 9.74. The average molecular weight is 377 g/mol. The molecule has 1 unspecified atom stereocenters. The van der Waals surface area contributed by atoms with Crippen molar-refractivity contribution in [1.29, 1.82) is 0 Å². The minimum absolute atomic E-state index is 0.0328. The number of anilines is 1. The molecule has 0 fully saturated rings. The van der Waals surface area contributed by atoms with Crippen molar-refractivity contribution in [3.8, 4) is 5.75 Å². The Hall–Kier alpha value is -3.08. The van der Waals surface area contributed by atoms with Crippen LogP contribution < -0.4 is 10.1 Å². The number of hydrogen-bond donors (Lipinski definition) is 1. The highest BCUT2D eigenvalue weighted by Gasteiger charge is 2.13. The van der Waals surface area contributed by atoms with Crippen molar-refractivity contribution in [2.24, 2.45) is 5.92 Å². The second kappa shape index (κ2) is 10.3. The van der Waals surface area contributed by atoms with Crippen molar-refractivity contribution in [2.75, 3.05) is 11.9 Å². The van der Waals surface area contributed by atoms with Crippen LogP contribution in [0.5, 0.6) is 5.75 Å². The molecule has 5 heteroatoms. The van der Waals surface area contributed by atoms with Gasteiger partial charge >= 0.3 is 0 Å². The Morgan fingerprint density at radius 2 is 2.04 bits per heavy atom. The van der Waals surface area contributed by atoms with E-state index >= 15 is 0 Å². The summed E-state index contributed by atoms with van der Waals surface area (Å²) in [7, 11) is 0. The number of rotatable bonds is 10. The van der Waals surface area contributed by atoms with Crippen LogP contribution in [-0.2, 0) is 17.8 Å². The summed E-state index contributed by atoms with van der Waals surface area (Å²) in [5.74, 6) is 0.757. The molecule has 0 bridgehead atoms. The molecular weight excluding hydrogens is 350 g/mol. The van der Waals surface area contributed by atoms with Crippen molar-refractivity contribution in [3.05, 3.63) is 78.9 Å². The molecule has 0 aliphatic rings. The number of ether oxygens (including phenoxy) is 1. The van der Waals surface area contributed by atoms with Gasteiger partial charge in [-0.05, 0) is 37.0 Å². The van der Waals surface area contributed by atoms with Gasteiger partial charge in [-0.3, -0.25) is 4.79 Å². The van der Waals surface area contributed by atoms with Gasteiger partial charge in [-0.25, -0.2) is 4.98 Å². The topological polar surface area (TPSA) is 56.1 Å². The maximum absolute atomic E-state index is 12.5. The minimum Gasteiger partial charge on any atom is -0.492 e. The van der Waals surface area contributed by atoms with Crippen LogP contribution in [0.2, 0.25) is 0 Å². The van der Waals surface area contributed by atoms with E-state index in [9.17, 15) is 4.79 Å². The van der Waals surface area contributed by atoms with Crippen molar-refractivity contribution in [1.82, 2.24) is 9.55 Å². The Kier molecular flexibility index (Phi) is 7.24. The van der Waals surface area contributed by atoms with Crippen LogP contribution in [-0.4, -0.2) is 22.1 Å². The molecule has 0 aliphatic carbocycles. The van der Waals surface area contributed by atoms with E-state index in [0.717, 1.165) is 37.2 Å². The molecule has 2 aromatic carbocycles. The third-order valence-corrected chi connectivity index (χ3v) is 4.67. The van der Waals surface area contributed by atoms with Crippen molar-refractivity contribution < 1.29 is 9.53 Å². The van der Waals surface area contributed by atoms with Crippen molar-refractivity contribution in [2.45, 2.75) is 32.7 Å². The molecule has 3 rings (SSSR count). The molecule has 0 saturated heterocycles. The molecule has 1 amide bonds. The van der Waals surface area contributed by atoms with E-state index in [2.05, 4.69) is 34.6 Å². The zero-order valence-electron chi connectivity index (χ0n) is 16.3. The lowest BCUT2D eigenvalue weighted by Gasteiger charge is -2.13. The maximum Gasteiger partial charge on any atom is 0.227 e. The molecule has 1 atom stereocenters. The number of nitrogens with one attached hydrogen (secondary N) is 1. The fourth-order valence-corrected chi connectivity index (χ4v) is 3.01. The average Bonchev–Trinajstić information content (AvgIpc) is 3.22. The van der Waals surface area contributed by atoms with Gasteiger partial charge in [0.25, 0.3) is 0 Å². The summed E-state index contributed by atoms with van der Waals surface area (Å²) in [5, 5.41) is 3.00. The summed E-state index contributed by atoms with van der Waals surface area (Å²) in [5.41, 5.74) is 2.08. The van der Waals surface area contributed by atoms with Crippen LogP contribution in [0.25, 0.3) is 0 Å². The van der Waals surface area contributed by atoms with Crippen LogP contribution in [0.15, 0.2) is 73.3 Å². The quantitative estimate of drug-likeness (QED) is 0.563. The molecule has 3 aromatic rings. The van der Waals surface area contributed by atoms with Gasteiger partial charge in [-0.15, -0.1) is 0 Å². The lowest BCUT2D eigenvalue weighted by atomic mass is 10.0. The molecule has 0 aliphatic heterocycles. The lowest BCUT2D eigenvalue weighted by Crippen LogP contribution is -2.20. The second-order valence-electron chi connectivity index (χ2n) is 6.94. The largest absolute Gasteiger partial charge is 0.492 e. The van der Waals surface area contributed by atoms with Crippen molar-refractivity contribution >= 4 is 11.6 Å². The van der Waals surface area contributed by atoms with E-state index in [4.69, 9.17) is 4.74 Å². The fraction of sp³-hybridized carbons (Fsp3) is 0.304. The number of amides is 1. The summed E-state index contributed by atoms with van der Waals surface area (Å²) < 4.78 is 7.74. The van der Waals surface area contributed by atoms with Crippen molar-refractivity contribution in [3.63, 3.8) is 0 Å². The Morgan fingerprint density at radius 1 is 1.18 bits per heavy atom. The molecule has 1 heterocycles. The van der Waals surface area contributed by atoms with E-state index in [1.807, 2.05) is 48.0 Å². The number of nitrogens with zero attached hydrogens (tertiary/aromatic N) is 2. The van der Waals surface area contributed by atoms with E-state index in [-0.39, 0.29) is 11.8 Å². The zero-order chi connectivity index (χ0) is 19.6. The number of benzene rings is 2. The van der Waals surface area contributed by atoms with E-state index in [1.165, 1.54) is 5.56 Å². The number of hydrogen-bond acceptors (Lipinski definition) is 3. The molecule has 5 nitrogen and oxygen atoms in total. The van der Waals surface area contributed by atoms with Gasteiger partial charge in [0.1, 0.15) is 12.4 Å². The smallest absolute Gasteiger partial charge is 0.227 e. The standard InChI is InChI=1S/C23H27N3O2/c1-19(7-5-10-20-8-3-2-4-9-20)23(27)25-21-11-6-12-22(17-21)28-16-15-26-14-13-24-18-26/h2-4,6,8-9,11-14,17-19H,5,7,10,15-16H2,1H3,(H,25,27). The fourth-order valence-electron chi connectivity index (χ4n) is 3.01. The molecule has 0 spiro atoms. The van der Waals surface area contributed by atoms with E-state index < -0.39 is 0 Å². The molecule has 0 saturated carbocycles. The predicted molar refractivity (Wildman–Crippen MR) is 111 cm³/mol. The SMILES string of the molecule is CC(CCCc1ccccc1)C(=O)Nc1cccc(OCCn2ccnc2)c1. The van der Waals surface area contributed by atoms with Gasteiger partial charge in [0, 0.05) is 30.1 Å². The molecule has 1 aromatic heterocycles. The van der Waals surface area contributed by atoms with Gasteiger partial charge in [0.2, 0.25) is 5.91 Å². The Labute approximate surface area is 166 Å². The lowest BCUT2D eigenvalue weighted by molar-refractivity contribution is -0.119. The van der Waals surface area contributed by atoms with Gasteiger partial charge < -0.3 is 14.6 Å². The highest BCUT2D eigenvalue weighted by atomic mass is 16.5. The van der Waals surface area contributed by atoms with Crippen LogP contribution >= 0.6 is 0 Å². The highest BCUT2D eigenvalue weighted by molar-refractivity contribution is 5.92. The zero-order valence-corrected chi connectivity index (χ0v) is 16.3. The monoisotopic (exact) mass is 377 g/mol. The van der Waals surface area contributed by atoms with Crippen LogP contribution in [0.1, 0.15) is 25.3 Å². The highest BCUT2D eigenvalue weighted by Crippen LogP contribution is 2.19. The minimum atomic E-state index is -0.0328. The molecular formula is C23H27N3O2. The number of aryl methyl sites for hydroxylation is 1. The third kappa shape index (κ3) is 6.27. The van der Waals surface area contributed by atoms with E-state index in [1.54, 1.807) is 12.5 Å². The second-order valence-corrected chi connectivity index (χ2v) is 6.94. The first kappa shape index (κ1) is 19.7. The maximum atomic E-state index is 12.5. The third-order valence-electron chi connectivity index (χ3n) is 4.67. The summed E-state index contributed by atoms with van der Waals surface area (Å²) in [6.45, 7) is 3.25. The normalized spacial score (nSPS) is 11.8. The van der Waals surface area contributed by atoms with Gasteiger partial charge in [-0.1, -0.05) is 43.3 Å². The van der Waals surface area contributed by atoms with Crippen LogP contribution in [0.4, 0.5) is 5.69 Å². The Bertz CT molecular complexity index is 847. The summed E-state index contributed by atoms with van der Waals surface area (Å²) in [6, 6.07) is 17.9. The van der Waals surface area contributed by atoms with Gasteiger partial charge in [-0.2, -0.15) is 0 Å². The first-order valence-corrected chi connectivity index (χ1v) is 9.74. The summed E-state index contributed by atoms with van der Waals surface area (Å²) in [4.78, 5) is 16.5. The summed E-state index contributed by atoms with van der Waals surface area (Å²) >= 11 is 0. The number of imidazole rings is 1. The Balaban J connectivity index is 1.42. The van der Waals surface area contributed by atoms with Gasteiger partial charge in [0.05, 0.1) is 12.9 Å². The molecule has 1 N–H and O–H groups in total. The van der Waals surface area contributed by atoms with Gasteiger partial charge in [0.15, 0.2) is 0 Å². The number of carbonyl (C=O) groups is 1. The number of carbonyl (C=O) groups excluding carboxylic acids is 1.